The summed E-state index contributed by atoms with van der Waals surface area (Å²) in [7, 11) is -3.62. The summed E-state index contributed by atoms with van der Waals surface area (Å²) in [5, 5.41) is 10.6. The van der Waals surface area contributed by atoms with Crippen LogP contribution in [0, 0.1) is 0 Å². The molecule has 1 aliphatic carbocycles. The molecule has 0 heterocycles. The zero-order chi connectivity index (χ0) is 15.8. The molecule has 22 heavy (non-hydrogen) atoms. The van der Waals surface area contributed by atoms with Gasteiger partial charge in [0.25, 0.3) is 0 Å². The molecule has 1 aliphatic rings. The maximum atomic E-state index is 12.3. The molecule has 0 aromatic heterocycles. The summed E-state index contributed by atoms with van der Waals surface area (Å²) in [6.45, 7) is 0.0000766. The summed E-state index contributed by atoms with van der Waals surface area (Å²) in [6.07, 6.45) is 0.929. The van der Waals surface area contributed by atoms with E-state index in [1.165, 1.54) is 12.1 Å². The van der Waals surface area contributed by atoms with Crippen molar-refractivity contribution in [2.24, 2.45) is 0 Å². The first-order chi connectivity index (χ1) is 10.4. The molecule has 116 valence electrons. The number of hydrogen-bond donors (Lipinski definition) is 2. The van der Waals surface area contributed by atoms with Crippen LogP contribution in [0.4, 0.5) is 0 Å². The van der Waals surface area contributed by atoms with Gasteiger partial charge in [-0.05, 0) is 35.4 Å². The normalized spacial score (nSPS) is 16.5. The Morgan fingerprint density at radius 3 is 2.14 bits per heavy atom. The van der Waals surface area contributed by atoms with Crippen LogP contribution in [0.1, 0.15) is 11.1 Å². The molecule has 0 aliphatic heterocycles. The van der Waals surface area contributed by atoms with Crippen molar-refractivity contribution in [2.75, 3.05) is 6.54 Å². The molecule has 0 radical (unpaired) electrons. The van der Waals surface area contributed by atoms with E-state index in [4.69, 9.17) is 0 Å². The van der Waals surface area contributed by atoms with Crippen molar-refractivity contribution in [2.45, 2.75) is 23.3 Å². The monoisotopic (exact) mass is 381 g/mol. The Morgan fingerprint density at radius 1 is 1.05 bits per heavy atom. The molecule has 6 heteroatoms. The largest absolute Gasteiger partial charge is 0.388 e. The first-order valence-electron chi connectivity index (χ1n) is 6.92. The Balaban J connectivity index is 1.71. The highest BCUT2D eigenvalue weighted by Crippen LogP contribution is 2.29. The zero-order valence-corrected chi connectivity index (χ0v) is 14.2. The van der Waals surface area contributed by atoms with E-state index in [0.717, 1.165) is 15.6 Å². The lowest BCUT2D eigenvalue weighted by atomic mass is 10.0. The van der Waals surface area contributed by atoms with Crippen molar-refractivity contribution >= 4 is 26.0 Å². The van der Waals surface area contributed by atoms with Crippen LogP contribution in [0.5, 0.6) is 0 Å². The molecular formula is C16H16BrNO3S. The number of benzene rings is 2. The third-order valence-corrected chi connectivity index (χ3v) is 5.82. The second-order valence-electron chi connectivity index (χ2n) is 5.63. The quantitative estimate of drug-likeness (QED) is 0.853. The fourth-order valence-electron chi connectivity index (χ4n) is 2.73. The highest BCUT2D eigenvalue weighted by molar-refractivity contribution is 9.10. The minimum absolute atomic E-state index is 0.0000766. The van der Waals surface area contributed by atoms with Crippen LogP contribution in [0.25, 0.3) is 0 Å². The lowest BCUT2D eigenvalue weighted by molar-refractivity contribution is 0.0567. The van der Waals surface area contributed by atoms with Gasteiger partial charge >= 0.3 is 0 Å². The number of sulfonamides is 1. The molecule has 2 N–H and O–H groups in total. The molecule has 0 saturated carbocycles. The van der Waals surface area contributed by atoms with Crippen LogP contribution in [-0.4, -0.2) is 25.7 Å². The van der Waals surface area contributed by atoms with E-state index in [1.807, 2.05) is 24.3 Å². The molecule has 2 aromatic rings. The Morgan fingerprint density at radius 2 is 1.59 bits per heavy atom. The molecule has 0 atom stereocenters. The van der Waals surface area contributed by atoms with Crippen molar-refractivity contribution < 1.29 is 13.5 Å². The van der Waals surface area contributed by atoms with Crippen LogP contribution < -0.4 is 4.72 Å². The van der Waals surface area contributed by atoms with E-state index in [-0.39, 0.29) is 11.4 Å². The van der Waals surface area contributed by atoms with Crippen LogP contribution in [0.15, 0.2) is 57.9 Å². The molecule has 2 aromatic carbocycles. The lowest BCUT2D eigenvalue weighted by Crippen LogP contribution is -2.43. The van der Waals surface area contributed by atoms with E-state index < -0.39 is 15.6 Å². The van der Waals surface area contributed by atoms with Gasteiger partial charge in [0.05, 0.1) is 10.5 Å². The van der Waals surface area contributed by atoms with E-state index >= 15 is 0 Å². The van der Waals surface area contributed by atoms with Crippen molar-refractivity contribution in [3.63, 3.8) is 0 Å². The van der Waals surface area contributed by atoms with Gasteiger partial charge in [0.2, 0.25) is 10.0 Å². The number of aliphatic hydroxyl groups is 1. The minimum Gasteiger partial charge on any atom is -0.388 e. The molecule has 0 amide bonds. The van der Waals surface area contributed by atoms with Gasteiger partial charge in [-0.1, -0.05) is 40.2 Å². The Labute approximate surface area is 138 Å². The summed E-state index contributed by atoms with van der Waals surface area (Å²) in [6, 6.07) is 14.2. The summed E-state index contributed by atoms with van der Waals surface area (Å²) in [5.41, 5.74) is 1.09. The second-order valence-corrected chi connectivity index (χ2v) is 8.31. The predicted molar refractivity (Wildman–Crippen MR) is 88.1 cm³/mol. The summed E-state index contributed by atoms with van der Waals surface area (Å²) < 4.78 is 27.9. The fraction of sp³-hybridized carbons (Fsp3) is 0.250. The third-order valence-electron chi connectivity index (χ3n) is 3.87. The number of hydrogen-bond acceptors (Lipinski definition) is 3. The van der Waals surface area contributed by atoms with Gasteiger partial charge in [-0.3, -0.25) is 0 Å². The van der Waals surface area contributed by atoms with Crippen molar-refractivity contribution in [3.05, 3.63) is 64.1 Å². The number of nitrogens with one attached hydrogen (secondary N) is 1. The van der Waals surface area contributed by atoms with E-state index in [9.17, 15) is 13.5 Å². The zero-order valence-electron chi connectivity index (χ0n) is 11.8. The summed E-state index contributed by atoms with van der Waals surface area (Å²) >= 11 is 3.27. The van der Waals surface area contributed by atoms with Crippen molar-refractivity contribution in [1.29, 1.82) is 0 Å². The van der Waals surface area contributed by atoms with Crippen molar-refractivity contribution in [3.8, 4) is 0 Å². The Kier molecular flexibility index (Phi) is 4.11. The Bertz CT molecular complexity index is 762. The van der Waals surface area contributed by atoms with Gasteiger partial charge in [0.1, 0.15) is 0 Å². The maximum absolute atomic E-state index is 12.3. The summed E-state index contributed by atoms with van der Waals surface area (Å²) in [5.74, 6) is 0. The SMILES string of the molecule is O=S(=O)(NCC1(O)Cc2ccccc2C1)c1ccc(Br)cc1. The van der Waals surface area contributed by atoms with Gasteiger partial charge in [0, 0.05) is 23.9 Å². The van der Waals surface area contributed by atoms with Crippen LogP contribution in [0.3, 0.4) is 0 Å². The van der Waals surface area contributed by atoms with Gasteiger partial charge in [0.15, 0.2) is 0 Å². The number of rotatable bonds is 4. The molecule has 0 saturated heterocycles. The van der Waals surface area contributed by atoms with E-state index in [2.05, 4.69) is 20.7 Å². The van der Waals surface area contributed by atoms with Crippen molar-refractivity contribution in [1.82, 2.24) is 4.72 Å². The molecule has 0 bridgehead atoms. The first-order valence-corrected chi connectivity index (χ1v) is 9.20. The molecule has 0 spiro atoms. The van der Waals surface area contributed by atoms with Crippen LogP contribution >= 0.6 is 15.9 Å². The molecular weight excluding hydrogens is 366 g/mol. The highest BCUT2D eigenvalue weighted by Gasteiger charge is 2.36. The van der Waals surface area contributed by atoms with Gasteiger partial charge in [-0.15, -0.1) is 0 Å². The second kappa shape index (κ2) is 5.77. The number of halogens is 1. The Hall–Kier alpha value is -1.21. The third kappa shape index (κ3) is 3.25. The summed E-state index contributed by atoms with van der Waals surface area (Å²) in [4.78, 5) is 0.190. The molecule has 4 nitrogen and oxygen atoms in total. The average Bonchev–Trinajstić information content (AvgIpc) is 2.83. The minimum atomic E-state index is -3.62. The number of fused-ring (bicyclic) bond motifs is 1. The highest BCUT2D eigenvalue weighted by atomic mass is 79.9. The smallest absolute Gasteiger partial charge is 0.240 e. The van der Waals surface area contributed by atoms with E-state index in [1.54, 1.807) is 12.1 Å². The average molecular weight is 382 g/mol. The van der Waals surface area contributed by atoms with Crippen LogP contribution in [-0.2, 0) is 22.9 Å². The van der Waals surface area contributed by atoms with Gasteiger partial charge in [-0.25, -0.2) is 13.1 Å². The first kappa shape index (κ1) is 15.7. The van der Waals surface area contributed by atoms with Crippen LogP contribution in [0.2, 0.25) is 0 Å². The maximum Gasteiger partial charge on any atom is 0.240 e. The van der Waals surface area contributed by atoms with E-state index in [0.29, 0.717) is 12.8 Å². The molecule has 0 unspecified atom stereocenters. The lowest BCUT2D eigenvalue weighted by Gasteiger charge is -2.22. The molecule has 3 rings (SSSR count). The topological polar surface area (TPSA) is 66.4 Å². The fourth-order valence-corrected chi connectivity index (χ4v) is 4.11. The molecule has 0 fully saturated rings. The van der Waals surface area contributed by atoms with Gasteiger partial charge in [-0.2, -0.15) is 0 Å². The predicted octanol–water partition coefficient (Wildman–Crippen LogP) is 2.26. The standard InChI is InChI=1S/C16H16BrNO3S/c17-14-5-7-15(8-6-14)22(20,21)18-11-16(19)9-12-3-1-2-4-13(12)10-16/h1-8,18-19H,9-11H2. The van der Waals surface area contributed by atoms with Gasteiger partial charge < -0.3 is 5.11 Å².